The number of fused-ring (bicyclic) bond motifs is 1. The van der Waals surface area contributed by atoms with Crippen molar-refractivity contribution >= 4 is 27.5 Å². The average molecular weight is 318 g/mol. The summed E-state index contributed by atoms with van der Waals surface area (Å²) in [6.45, 7) is 1.82. The Labute approximate surface area is 129 Å². The molecule has 0 saturated heterocycles. The van der Waals surface area contributed by atoms with Gasteiger partial charge in [0.25, 0.3) is 5.91 Å². The number of carbonyl (C=O) groups excluding carboxylic acids is 1. The standard InChI is InChI=1S/C16H12F2N2OS/c1-9-5-3-4-6-11(9)15(21)19-16-20(2)14-12(18)7-10(17)8-13(14)22-16/h3-8H,1-2H3. The van der Waals surface area contributed by atoms with E-state index in [0.29, 0.717) is 15.1 Å². The summed E-state index contributed by atoms with van der Waals surface area (Å²) < 4.78 is 29.0. The molecule has 0 radical (unpaired) electrons. The first-order valence-electron chi connectivity index (χ1n) is 6.56. The molecule has 0 atom stereocenters. The van der Waals surface area contributed by atoms with E-state index < -0.39 is 17.5 Å². The van der Waals surface area contributed by atoms with Crippen LogP contribution in [-0.2, 0) is 7.05 Å². The molecule has 0 saturated carbocycles. The zero-order valence-electron chi connectivity index (χ0n) is 11.9. The number of carbonyl (C=O) groups is 1. The zero-order valence-corrected chi connectivity index (χ0v) is 12.7. The van der Waals surface area contributed by atoms with Gasteiger partial charge in [-0.3, -0.25) is 4.79 Å². The predicted octanol–water partition coefficient (Wildman–Crippen LogP) is 3.57. The number of amides is 1. The first-order valence-corrected chi connectivity index (χ1v) is 7.38. The van der Waals surface area contributed by atoms with Crippen LogP contribution in [0, 0.1) is 18.6 Å². The van der Waals surface area contributed by atoms with E-state index in [2.05, 4.69) is 4.99 Å². The molecular formula is C16H12F2N2OS. The maximum absolute atomic E-state index is 13.9. The number of hydrogen-bond donors (Lipinski definition) is 0. The lowest BCUT2D eigenvalue weighted by Gasteiger charge is -2.00. The Morgan fingerprint density at radius 3 is 2.68 bits per heavy atom. The van der Waals surface area contributed by atoms with Gasteiger partial charge in [0.05, 0.1) is 10.2 Å². The van der Waals surface area contributed by atoms with Gasteiger partial charge in [-0.2, -0.15) is 4.99 Å². The first kappa shape index (κ1) is 14.6. The number of aryl methyl sites for hydroxylation is 2. The van der Waals surface area contributed by atoms with Crippen LogP contribution in [0.4, 0.5) is 8.78 Å². The summed E-state index contributed by atoms with van der Waals surface area (Å²) in [6, 6.07) is 9.17. The molecule has 1 aromatic heterocycles. The van der Waals surface area contributed by atoms with Gasteiger partial charge in [0.1, 0.15) is 5.82 Å². The number of aromatic nitrogens is 1. The van der Waals surface area contributed by atoms with Crippen LogP contribution in [0.5, 0.6) is 0 Å². The zero-order chi connectivity index (χ0) is 15.9. The molecule has 22 heavy (non-hydrogen) atoms. The second kappa shape index (κ2) is 5.46. The summed E-state index contributed by atoms with van der Waals surface area (Å²) in [4.78, 5) is 16.7. The molecule has 0 spiro atoms. The van der Waals surface area contributed by atoms with Crippen LogP contribution in [0.2, 0.25) is 0 Å². The minimum absolute atomic E-state index is 0.239. The van der Waals surface area contributed by atoms with Crippen molar-refractivity contribution in [2.45, 2.75) is 6.92 Å². The van der Waals surface area contributed by atoms with E-state index in [1.54, 1.807) is 19.2 Å². The fourth-order valence-electron chi connectivity index (χ4n) is 2.27. The predicted molar refractivity (Wildman–Crippen MR) is 81.8 cm³/mol. The molecule has 3 rings (SSSR count). The Hall–Kier alpha value is -2.34. The van der Waals surface area contributed by atoms with E-state index >= 15 is 0 Å². The molecule has 112 valence electrons. The van der Waals surface area contributed by atoms with E-state index in [-0.39, 0.29) is 5.52 Å². The van der Waals surface area contributed by atoms with Crippen LogP contribution in [-0.4, -0.2) is 10.5 Å². The van der Waals surface area contributed by atoms with E-state index in [9.17, 15) is 13.6 Å². The molecule has 1 amide bonds. The molecule has 0 aliphatic heterocycles. The van der Waals surface area contributed by atoms with Crippen molar-refractivity contribution in [2.75, 3.05) is 0 Å². The number of rotatable bonds is 1. The number of nitrogens with zero attached hydrogens (tertiary/aromatic N) is 2. The van der Waals surface area contributed by atoms with Crippen LogP contribution in [0.1, 0.15) is 15.9 Å². The highest BCUT2D eigenvalue weighted by molar-refractivity contribution is 7.16. The second-order valence-electron chi connectivity index (χ2n) is 4.91. The fraction of sp³-hybridized carbons (Fsp3) is 0.125. The van der Waals surface area contributed by atoms with Gasteiger partial charge in [0.2, 0.25) is 0 Å². The van der Waals surface area contributed by atoms with Gasteiger partial charge >= 0.3 is 0 Å². The summed E-state index contributed by atoms with van der Waals surface area (Å²) in [5.41, 5.74) is 1.55. The molecule has 0 N–H and O–H groups in total. The molecule has 0 fully saturated rings. The Kier molecular flexibility index (Phi) is 3.62. The lowest BCUT2D eigenvalue weighted by molar-refractivity contribution is 0.0997. The first-order chi connectivity index (χ1) is 10.5. The molecular weight excluding hydrogens is 306 g/mol. The van der Waals surface area contributed by atoms with Crippen molar-refractivity contribution in [3.63, 3.8) is 0 Å². The van der Waals surface area contributed by atoms with Crippen molar-refractivity contribution in [1.82, 2.24) is 4.57 Å². The smallest absolute Gasteiger partial charge is 0.279 e. The van der Waals surface area contributed by atoms with E-state index in [4.69, 9.17) is 0 Å². The second-order valence-corrected chi connectivity index (χ2v) is 5.92. The quantitative estimate of drug-likeness (QED) is 0.675. The highest BCUT2D eigenvalue weighted by Crippen LogP contribution is 2.21. The van der Waals surface area contributed by atoms with Crippen molar-refractivity contribution in [2.24, 2.45) is 12.0 Å². The molecule has 0 aliphatic carbocycles. The number of thiazole rings is 1. The van der Waals surface area contributed by atoms with Crippen LogP contribution < -0.4 is 4.80 Å². The largest absolute Gasteiger partial charge is 0.317 e. The van der Waals surface area contributed by atoms with Crippen molar-refractivity contribution in [1.29, 1.82) is 0 Å². The van der Waals surface area contributed by atoms with Crippen molar-refractivity contribution in [3.8, 4) is 0 Å². The van der Waals surface area contributed by atoms with Gasteiger partial charge in [-0.1, -0.05) is 29.5 Å². The third-order valence-electron chi connectivity index (χ3n) is 3.39. The summed E-state index contributed by atoms with van der Waals surface area (Å²) >= 11 is 1.08. The third kappa shape index (κ3) is 2.46. The van der Waals surface area contributed by atoms with Gasteiger partial charge in [-0.15, -0.1) is 0 Å². The normalized spacial score (nSPS) is 12.1. The summed E-state index contributed by atoms with van der Waals surface area (Å²) in [7, 11) is 1.60. The van der Waals surface area contributed by atoms with Crippen LogP contribution >= 0.6 is 11.3 Å². The van der Waals surface area contributed by atoms with Gasteiger partial charge in [-0.25, -0.2) is 8.78 Å². The number of benzene rings is 2. The highest BCUT2D eigenvalue weighted by Gasteiger charge is 2.12. The summed E-state index contributed by atoms with van der Waals surface area (Å²) in [6.07, 6.45) is 0. The lowest BCUT2D eigenvalue weighted by atomic mass is 10.1. The molecule has 3 nitrogen and oxygen atoms in total. The minimum atomic E-state index is -0.668. The Bertz CT molecular complexity index is 956. The van der Waals surface area contributed by atoms with Gasteiger partial charge < -0.3 is 4.57 Å². The van der Waals surface area contributed by atoms with E-state index in [0.717, 1.165) is 23.0 Å². The number of halogens is 2. The van der Waals surface area contributed by atoms with Crippen LogP contribution in [0.25, 0.3) is 10.2 Å². The minimum Gasteiger partial charge on any atom is -0.317 e. The monoisotopic (exact) mass is 318 g/mol. The summed E-state index contributed by atoms with van der Waals surface area (Å²) in [5.74, 6) is -1.72. The Morgan fingerprint density at radius 1 is 1.23 bits per heavy atom. The molecule has 2 aromatic carbocycles. The van der Waals surface area contributed by atoms with Crippen molar-refractivity contribution < 1.29 is 13.6 Å². The van der Waals surface area contributed by atoms with Crippen LogP contribution in [0.15, 0.2) is 41.4 Å². The maximum Gasteiger partial charge on any atom is 0.279 e. The Balaban J connectivity index is 2.18. The van der Waals surface area contributed by atoms with E-state index in [1.807, 2.05) is 19.1 Å². The van der Waals surface area contributed by atoms with Crippen molar-refractivity contribution in [3.05, 3.63) is 64.0 Å². The fourth-order valence-corrected chi connectivity index (χ4v) is 3.32. The van der Waals surface area contributed by atoms with Crippen LogP contribution in [0.3, 0.4) is 0 Å². The average Bonchev–Trinajstić information content (AvgIpc) is 2.75. The molecule has 0 unspecified atom stereocenters. The maximum atomic E-state index is 13.9. The molecule has 0 bridgehead atoms. The third-order valence-corrected chi connectivity index (χ3v) is 4.47. The highest BCUT2D eigenvalue weighted by atomic mass is 32.1. The van der Waals surface area contributed by atoms with Gasteiger partial charge in [0, 0.05) is 18.7 Å². The topological polar surface area (TPSA) is 34.4 Å². The molecule has 1 heterocycles. The molecule has 6 heteroatoms. The molecule has 3 aromatic rings. The Morgan fingerprint density at radius 2 is 1.95 bits per heavy atom. The van der Waals surface area contributed by atoms with E-state index in [1.165, 1.54) is 10.6 Å². The number of hydrogen-bond acceptors (Lipinski definition) is 2. The summed E-state index contributed by atoms with van der Waals surface area (Å²) in [5, 5.41) is 0. The lowest BCUT2D eigenvalue weighted by Crippen LogP contribution is -2.14. The SMILES string of the molecule is Cc1ccccc1C(=O)N=c1sc2cc(F)cc(F)c2n1C. The molecule has 0 aliphatic rings. The van der Waals surface area contributed by atoms with Gasteiger partial charge in [-0.05, 0) is 24.6 Å². The van der Waals surface area contributed by atoms with Gasteiger partial charge in [0.15, 0.2) is 10.6 Å².